The van der Waals surface area contributed by atoms with E-state index in [9.17, 15) is 0 Å². The molecule has 2 aliphatic heterocycles. The normalized spacial score (nSPS) is 24.1. The van der Waals surface area contributed by atoms with Crippen LogP contribution in [0.2, 0.25) is 0 Å². The lowest BCUT2D eigenvalue weighted by Gasteiger charge is -2.17. The topological polar surface area (TPSA) is 83.2 Å². The standard InChI is InChI=1S/C12H21N7/c1-18-7-4-9(8-18)14-11-15-10(13)16-12(17-11)19-5-2-3-6-19/h9H,2-8H2,1H3,(H3,13,14,15,16,17). The molecule has 104 valence electrons. The van der Waals surface area contributed by atoms with Crippen molar-refractivity contribution in [2.45, 2.75) is 25.3 Å². The van der Waals surface area contributed by atoms with Gasteiger partial charge in [-0.2, -0.15) is 15.0 Å². The zero-order valence-electron chi connectivity index (χ0n) is 11.3. The van der Waals surface area contributed by atoms with Gasteiger partial charge in [0.1, 0.15) is 0 Å². The van der Waals surface area contributed by atoms with Crippen LogP contribution in [0.5, 0.6) is 0 Å². The summed E-state index contributed by atoms with van der Waals surface area (Å²) in [4.78, 5) is 17.4. The monoisotopic (exact) mass is 263 g/mol. The number of anilines is 3. The van der Waals surface area contributed by atoms with Crippen LogP contribution in [0.4, 0.5) is 17.8 Å². The largest absolute Gasteiger partial charge is 0.368 e. The van der Waals surface area contributed by atoms with Gasteiger partial charge in [0.25, 0.3) is 0 Å². The third kappa shape index (κ3) is 2.86. The molecule has 1 atom stereocenters. The summed E-state index contributed by atoms with van der Waals surface area (Å²) >= 11 is 0. The van der Waals surface area contributed by atoms with Crippen molar-refractivity contribution < 1.29 is 0 Å². The molecule has 1 aromatic heterocycles. The lowest BCUT2D eigenvalue weighted by molar-refractivity contribution is 0.414. The number of nitrogens with two attached hydrogens (primary N) is 1. The van der Waals surface area contributed by atoms with Crippen molar-refractivity contribution in [3.63, 3.8) is 0 Å². The molecule has 7 heteroatoms. The predicted octanol–water partition coefficient (Wildman–Crippen LogP) is 0.170. The van der Waals surface area contributed by atoms with E-state index in [0.29, 0.717) is 23.9 Å². The third-order valence-corrected chi connectivity index (χ3v) is 3.75. The van der Waals surface area contributed by atoms with Crippen LogP contribution in [0.3, 0.4) is 0 Å². The fourth-order valence-electron chi connectivity index (χ4n) is 2.74. The Bertz CT molecular complexity index is 444. The van der Waals surface area contributed by atoms with Gasteiger partial charge >= 0.3 is 0 Å². The first-order chi connectivity index (χ1) is 9.20. The van der Waals surface area contributed by atoms with Gasteiger partial charge in [0.05, 0.1) is 0 Å². The highest BCUT2D eigenvalue weighted by atomic mass is 15.3. The van der Waals surface area contributed by atoms with Crippen LogP contribution < -0.4 is 16.0 Å². The minimum Gasteiger partial charge on any atom is -0.368 e. The summed E-state index contributed by atoms with van der Waals surface area (Å²) in [5.74, 6) is 1.61. The van der Waals surface area contributed by atoms with Crippen molar-refractivity contribution >= 4 is 17.8 Å². The molecule has 1 aromatic rings. The third-order valence-electron chi connectivity index (χ3n) is 3.75. The number of likely N-dealkylation sites (N-methyl/N-ethyl adjacent to an activating group) is 1. The van der Waals surface area contributed by atoms with Crippen LogP contribution in [0.15, 0.2) is 0 Å². The van der Waals surface area contributed by atoms with Crippen molar-refractivity contribution in [3.8, 4) is 0 Å². The second-order valence-corrected chi connectivity index (χ2v) is 5.40. The highest BCUT2D eigenvalue weighted by molar-refractivity contribution is 5.43. The van der Waals surface area contributed by atoms with Crippen LogP contribution in [0.25, 0.3) is 0 Å². The molecule has 0 bridgehead atoms. The van der Waals surface area contributed by atoms with E-state index in [1.54, 1.807) is 0 Å². The number of aromatic nitrogens is 3. The lowest BCUT2D eigenvalue weighted by atomic mass is 10.3. The van der Waals surface area contributed by atoms with Crippen LogP contribution in [0, 0.1) is 0 Å². The van der Waals surface area contributed by atoms with Gasteiger partial charge in [-0.25, -0.2) is 0 Å². The van der Waals surface area contributed by atoms with Crippen molar-refractivity contribution in [2.24, 2.45) is 0 Å². The summed E-state index contributed by atoms with van der Waals surface area (Å²) in [6, 6.07) is 0.401. The number of rotatable bonds is 3. The number of nitrogens with one attached hydrogen (secondary N) is 1. The predicted molar refractivity (Wildman–Crippen MR) is 75.2 cm³/mol. The highest BCUT2D eigenvalue weighted by Crippen LogP contribution is 2.19. The summed E-state index contributed by atoms with van der Waals surface area (Å²) in [7, 11) is 2.12. The molecule has 2 fully saturated rings. The van der Waals surface area contributed by atoms with E-state index in [-0.39, 0.29) is 0 Å². The molecule has 3 N–H and O–H groups in total. The fourth-order valence-corrected chi connectivity index (χ4v) is 2.74. The second kappa shape index (κ2) is 5.16. The van der Waals surface area contributed by atoms with E-state index in [1.807, 2.05) is 0 Å². The molecule has 0 spiro atoms. The van der Waals surface area contributed by atoms with E-state index < -0.39 is 0 Å². The Kier molecular flexibility index (Phi) is 3.37. The molecule has 3 rings (SSSR count). The summed E-state index contributed by atoms with van der Waals surface area (Å²) < 4.78 is 0. The molecule has 0 aromatic carbocycles. The molecular formula is C12H21N7. The van der Waals surface area contributed by atoms with Crippen molar-refractivity contribution in [2.75, 3.05) is 49.2 Å². The zero-order chi connectivity index (χ0) is 13.2. The molecule has 0 aliphatic carbocycles. The van der Waals surface area contributed by atoms with Crippen LogP contribution >= 0.6 is 0 Å². The average Bonchev–Trinajstić information content (AvgIpc) is 3.00. The van der Waals surface area contributed by atoms with E-state index in [0.717, 1.165) is 32.6 Å². The van der Waals surface area contributed by atoms with Gasteiger partial charge in [0.2, 0.25) is 17.8 Å². The van der Waals surface area contributed by atoms with E-state index in [4.69, 9.17) is 5.73 Å². The maximum absolute atomic E-state index is 5.79. The minimum absolute atomic E-state index is 0.297. The van der Waals surface area contributed by atoms with Crippen molar-refractivity contribution in [3.05, 3.63) is 0 Å². The molecule has 3 heterocycles. The maximum atomic E-state index is 5.79. The number of nitrogen functional groups attached to an aromatic ring is 1. The van der Waals surface area contributed by atoms with Crippen LogP contribution in [-0.2, 0) is 0 Å². The Balaban J connectivity index is 1.73. The van der Waals surface area contributed by atoms with Gasteiger partial charge in [0, 0.05) is 25.7 Å². The van der Waals surface area contributed by atoms with Gasteiger partial charge in [-0.1, -0.05) is 0 Å². The van der Waals surface area contributed by atoms with Gasteiger partial charge in [0.15, 0.2) is 0 Å². The van der Waals surface area contributed by atoms with E-state index >= 15 is 0 Å². The molecule has 0 saturated carbocycles. The first kappa shape index (κ1) is 12.4. The molecule has 0 radical (unpaired) electrons. The van der Waals surface area contributed by atoms with Crippen LogP contribution in [0.1, 0.15) is 19.3 Å². The Morgan fingerprint density at radius 1 is 1.16 bits per heavy atom. The number of hydrogen-bond acceptors (Lipinski definition) is 7. The quantitative estimate of drug-likeness (QED) is 0.804. The van der Waals surface area contributed by atoms with E-state index in [1.165, 1.54) is 12.8 Å². The minimum atomic E-state index is 0.297. The number of nitrogens with zero attached hydrogens (tertiary/aromatic N) is 5. The molecule has 1 unspecified atom stereocenters. The van der Waals surface area contributed by atoms with Crippen LogP contribution in [-0.4, -0.2) is 59.1 Å². The number of hydrogen-bond donors (Lipinski definition) is 2. The molecule has 7 nitrogen and oxygen atoms in total. The maximum Gasteiger partial charge on any atom is 0.231 e. The van der Waals surface area contributed by atoms with Gasteiger partial charge in [-0.05, 0) is 32.9 Å². The number of likely N-dealkylation sites (tertiary alicyclic amines) is 1. The second-order valence-electron chi connectivity index (χ2n) is 5.40. The van der Waals surface area contributed by atoms with Gasteiger partial charge in [-0.3, -0.25) is 0 Å². The average molecular weight is 263 g/mol. The Morgan fingerprint density at radius 3 is 2.63 bits per heavy atom. The Morgan fingerprint density at radius 2 is 1.95 bits per heavy atom. The smallest absolute Gasteiger partial charge is 0.231 e. The summed E-state index contributed by atoms with van der Waals surface area (Å²) in [5.41, 5.74) is 5.79. The first-order valence-electron chi connectivity index (χ1n) is 6.92. The fraction of sp³-hybridized carbons (Fsp3) is 0.750. The highest BCUT2D eigenvalue weighted by Gasteiger charge is 2.21. The molecular weight excluding hydrogens is 242 g/mol. The van der Waals surface area contributed by atoms with Gasteiger partial charge in [-0.15, -0.1) is 0 Å². The summed E-state index contributed by atoms with van der Waals surface area (Å²) in [6.07, 6.45) is 3.50. The molecule has 19 heavy (non-hydrogen) atoms. The Labute approximate surface area is 113 Å². The SMILES string of the molecule is CN1CCC(Nc2nc(N)nc(N3CCCC3)n2)C1. The zero-order valence-corrected chi connectivity index (χ0v) is 11.3. The van der Waals surface area contributed by atoms with Crippen molar-refractivity contribution in [1.82, 2.24) is 19.9 Å². The van der Waals surface area contributed by atoms with E-state index in [2.05, 4.69) is 37.1 Å². The Hall–Kier alpha value is -1.63. The summed E-state index contributed by atoms with van der Waals surface area (Å²) in [5, 5.41) is 3.37. The summed E-state index contributed by atoms with van der Waals surface area (Å²) in [6.45, 7) is 4.14. The first-order valence-corrected chi connectivity index (χ1v) is 6.92. The lowest BCUT2D eigenvalue weighted by Crippen LogP contribution is -2.26. The molecule has 2 saturated heterocycles. The van der Waals surface area contributed by atoms with Crippen molar-refractivity contribution in [1.29, 1.82) is 0 Å². The molecule has 0 amide bonds. The molecule has 2 aliphatic rings. The van der Waals surface area contributed by atoms with Gasteiger partial charge < -0.3 is 20.9 Å².